The average molecular weight is 467 g/mol. The summed E-state index contributed by atoms with van der Waals surface area (Å²) in [6, 6.07) is 16.1. The zero-order chi connectivity index (χ0) is 23.3. The van der Waals surface area contributed by atoms with Crippen LogP contribution in [0.1, 0.15) is 37.6 Å². The van der Waals surface area contributed by atoms with E-state index in [4.69, 9.17) is 9.72 Å². The number of ether oxygens (including phenoxy) is 1. The lowest BCUT2D eigenvalue weighted by molar-refractivity contribution is 0.306. The van der Waals surface area contributed by atoms with E-state index in [1.807, 2.05) is 48.7 Å². The van der Waals surface area contributed by atoms with Crippen molar-refractivity contribution in [3.8, 4) is 5.75 Å². The van der Waals surface area contributed by atoms with E-state index >= 15 is 0 Å². The molecule has 2 aromatic carbocycles. The van der Waals surface area contributed by atoms with Crippen LogP contribution in [0.25, 0.3) is 21.9 Å². The predicted molar refractivity (Wildman–Crippen MR) is 132 cm³/mol. The lowest BCUT2D eigenvalue weighted by Crippen LogP contribution is -2.23. The summed E-state index contributed by atoms with van der Waals surface area (Å²) >= 11 is 0. The van der Waals surface area contributed by atoms with E-state index in [-0.39, 0.29) is 0 Å². The number of aromatic nitrogens is 3. The third-order valence-electron chi connectivity index (χ3n) is 5.52. The molecule has 8 heteroatoms. The monoisotopic (exact) mass is 466 g/mol. The molecule has 0 saturated heterocycles. The number of rotatable bonds is 11. The number of sulfonamides is 1. The summed E-state index contributed by atoms with van der Waals surface area (Å²) in [7, 11) is -3.15. The second kappa shape index (κ2) is 10.3. The van der Waals surface area contributed by atoms with E-state index in [0.717, 1.165) is 71.3 Å². The summed E-state index contributed by atoms with van der Waals surface area (Å²) in [5, 5.41) is 1.05. The standard InChI is InChI=1S/C25H30N4O3S/c1-3-9-24-28-23-17-26-22-16-20(32-18-19-10-5-4-6-11-19)12-13-21(22)25(23)29(24)15-8-7-14-27-33(2,30)31/h4-6,10-13,16-17,27H,3,7-9,14-15,18H2,1-2H3. The zero-order valence-electron chi connectivity index (χ0n) is 19.1. The highest BCUT2D eigenvalue weighted by molar-refractivity contribution is 7.88. The van der Waals surface area contributed by atoms with E-state index in [1.165, 1.54) is 6.26 Å². The molecule has 2 heterocycles. The summed E-state index contributed by atoms with van der Waals surface area (Å²) in [5.41, 5.74) is 3.96. The SMILES string of the molecule is CCCc1nc2cnc3cc(OCc4ccccc4)ccc3c2n1CCCCNS(C)(=O)=O. The van der Waals surface area contributed by atoms with E-state index in [0.29, 0.717) is 13.2 Å². The first-order valence-corrected chi connectivity index (χ1v) is 13.2. The van der Waals surface area contributed by atoms with Crippen LogP contribution in [0.4, 0.5) is 0 Å². The number of nitrogens with zero attached hydrogens (tertiary/aromatic N) is 3. The van der Waals surface area contributed by atoms with Crippen molar-refractivity contribution < 1.29 is 13.2 Å². The quantitative estimate of drug-likeness (QED) is 0.330. The molecule has 0 bridgehead atoms. The topological polar surface area (TPSA) is 86.1 Å². The molecule has 4 aromatic rings. The van der Waals surface area contributed by atoms with Crippen LogP contribution in [-0.4, -0.2) is 35.8 Å². The Kier molecular flexibility index (Phi) is 7.25. The van der Waals surface area contributed by atoms with Crippen molar-refractivity contribution in [3.05, 3.63) is 66.1 Å². The molecule has 2 aromatic heterocycles. The molecule has 0 amide bonds. The number of hydrogen-bond acceptors (Lipinski definition) is 5. The van der Waals surface area contributed by atoms with Crippen LogP contribution in [0.15, 0.2) is 54.7 Å². The van der Waals surface area contributed by atoms with Crippen LogP contribution in [0, 0.1) is 0 Å². The van der Waals surface area contributed by atoms with Crippen LogP contribution in [0.2, 0.25) is 0 Å². The maximum Gasteiger partial charge on any atom is 0.208 e. The minimum Gasteiger partial charge on any atom is -0.489 e. The Morgan fingerprint density at radius 1 is 1.06 bits per heavy atom. The third-order valence-corrected chi connectivity index (χ3v) is 6.25. The molecule has 0 aliphatic rings. The van der Waals surface area contributed by atoms with Crippen LogP contribution in [0.5, 0.6) is 5.75 Å². The summed E-state index contributed by atoms with van der Waals surface area (Å²) in [5.74, 6) is 1.83. The van der Waals surface area contributed by atoms with Crippen molar-refractivity contribution in [2.24, 2.45) is 0 Å². The van der Waals surface area contributed by atoms with Crippen LogP contribution in [-0.2, 0) is 29.6 Å². The second-order valence-corrected chi connectivity index (χ2v) is 10.1. The van der Waals surface area contributed by atoms with Gasteiger partial charge in [-0.2, -0.15) is 0 Å². The number of hydrogen-bond donors (Lipinski definition) is 1. The smallest absolute Gasteiger partial charge is 0.208 e. The minimum absolute atomic E-state index is 0.443. The van der Waals surface area contributed by atoms with Crippen LogP contribution in [0.3, 0.4) is 0 Å². The normalized spacial score (nSPS) is 11.9. The molecule has 0 aliphatic heterocycles. The molecule has 174 valence electrons. The van der Waals surface area contributed by atoms with Crippen molar-refractivity contribution in [1.82, 2.24) is 19.3 Å². The Hall–Kier alpha value is -2.97. The highest BCUT2D eigenvalue weighted by atomic mass is 32.2. The number of pyridine rings is 1. The Balaban J connectivity index is 1.58. The number of fused-ring (bicyclic) bond motifs is 3. The molecule has 0 spiro atoms. The van der Waals surface area contributed by atoms with Crippen molar-refractivity contribution in [2.45, 2.75) is 45.8 Å². The Bertz CT molecular complexity index is 1330. The van der Waals surface area contributed by atoms with Gasteiger partial charge in [0, 0.05) is 31.0 Å². The van der Waals surface area contributed by atoms with Gasteiger partial charge in [-0.15, -0.1) is 0 Å². The fourth-order valence-electron chi connectivity index (χ4n) is 3.98. The van der Waals surface area contributed by atoms with E-state index in [9.17, 15) is 8.42 Å². The molecule has 1 N–H and O–H groups in total. The van der Waals surface area contributed by atoms with E-state index < -0.39 is 10.0 Å². The first-order valence-electron chi connectivity index (χ1n) is 11.3. The Labute approximate surface area is 194 Å². The molecule has 33 heavy (non-hydrogen) atoms. The highest BCUT2D eigenvalue weighted by Crippen LogP contribution is 2.28. The molecule has 4 rings (SSSR count). The summed E-state index contributed by atoms with van der Waals surface area (Å²) < 4.78 is 33.4. The van der Waals surface area contributed by atoms with Crippen molar-refractivity contribution in [1.29, 1.82) is 0 Å². The zero-order valence-corrected chi connectivity index (χ0v) is 19.9. The van der Waals surface area contributed by atoms with Gasteiger partial charge in [-0.25, -0.2) is 18.1 Å². The number of unbranched alkanes of at least 4 members (excludes halogenated alkanes) is 1. The molecular formula is C25H30N4O3S. The number of imidazole rings is 1. The molecule has 0 radical (unpaired) electrons. The van der Waals surface area contributed by atoms with Gasteiger partial charge in [0.2, 0.25) is 10.0 Å². The summed E-state index contributed by atoms with van der Waals surface area (Å²) in [6.07, 6.45) is 6.52. The van der Waals surface area contributed by atoms with E-state index in [1.54, 1.807) is 0 Å². The van der Waals surface area contributed by atoms with Gasteiger partial charge in [0.1, 0.15) is 23.7 Å². The fraction of sp³-hybridized carbons (Fsp3) is 0.360. The lowest BCUT2D eigenvalue weighted by Gasteiger charge is -2.11. The van der Waals surface area contributed by atoms with Crippen LogP contribution >= 0.6 is 0 Å². The van der Waals surface area contributed by atoms with Gasteiger partial charge in [-0.3, -0.25) is 4.98 Å². The summed E-state index contributed by atoms with van der Waals surface area (Å²) in [4.78, 5) is 9.49. The molecule has 0 atom stereocenters. The molecule has 0 unspecified atom stereocenters. The predicted octanol–water partition coefficient (Wildman–Crippen LogP) is 4.45. The Morgan fingerprint density at radius 3 is 2.64 bits per heavy atom. The minimum atomic E-state index is -3.15. The second-order valence-electron chi connectivity index (χ2n) is 8.25. The Morgan fingerprint density at radius 2 is 1.88 bits per heavy atom. The average Bonchev–Trinajstić information content (AvgIpc) is 3.15. The van der Waals surface area contributed by atoms with Gasteiger partial charge >= 0.3 is 0 Å². The number of nitrogens with one attached hydrogen (secondary N) is 1. The third kappa shape index (κ3) is 5.89. The molecule has 0 fully saturated rings. The molecular weight excluding hydrogens is 436 g/mol. The molecule has 7 nitrogen and oxygen atoms in total. The lowest BCUT2D eigenvalue weighted by atomic mass is 10.1. The largest absolute Gasteiger partial charge is 0.489 e. The molecule has 0 saturated carbocycles. The van der Waals surface area contributed by atoms with Crippen molar-refractivity contribution >= 4 is 32.0 Å². The van der Waals surface area contributed by atoms with Gasteiger partial charge < -0.3 is 9.30 Å². The van der Waals surface area contributed by atoms with Gasteiger partial charge in [0.25, 0.3) is 0 Å². The first kappa shape index (κ1) is 23.2. The highest BCUT2D eigenvalue weighted by Gasteiger charge is 2.14. The fourth-order valence-corrected chi connectivity index (χ4v) is 4.50. The number of benzene rings is 2. The van der Waals surface area contributed by atoms with Crippen molar-refractivity contribution in [3.63, 3.8) is 0 Å². The maximum atomic E-state index is 11.3. The van der Waals surface area contributed by atoms with Crippen molar-refractivity contribution in [2.75, 3.05) is 12.8 Å². The first-order chi connectivity index (χ1) is 15.9. The van der Waals surface area contributed by atoms with Crippen LogP contribution < -0.4 is 9.46 Å². The van der Waals surface area contributed by atoms with E-state index in [2.05, 4.69) is 27.3 Å². The van der Waals surface area contributed by atoms with Gasteiger partial charge in [0.05, 0.1) is 23.5 Å². The molecule has 0 aliphatic carbocycles. The van der Waals surface area contributed by atoms with Gasteiger partial charge in [0.15, 0.2) is 0 Å². The van der Waals surface area contributed by atoms with Gasteiger partial charge in [-0.05, 0) is 37.0 Å². The number of aryl methyl sites for hydroxylation is 2. The summed E-state index contributed by atoms with van der Waals surface area (Å²) in [6.45, 7) is 3.88. The van der Waals surface area contributed by atoms with Gasteiger partial charge in [-0.1, -0.05) is 37.3 Å². The maximum absolute atomic E-state index is 11.3.